The third-order valence-corrected chi connectivity index (χ3v) is 2.52. The molecule has 0 aliphatic carbocycles. The molecule has 0 spiro atoms. The Morgan fingerprint density at radius 1 is 1.35 bits per heavy atom. The molecule has 1 aromatic heterocycles. The number of benzene rings is 1. The van der Waals surface area contributed by atoms with Crippen LogP contribution in [0.5, 0.6) is 0 Å². The van der Waals surface area contributed by atoms with E-state index in [1.165, 1.54) is 12.1 Å². The van der Waals surface area contributed by atoms with Crippen molar-refractivity contribution in [1.29, 1.82) is 0 Å². The molecule has 0 unspecified atom stereocenters. The topological polar surface area (TPSA) is 95.3 Å². The second-order valence-electron chi connectivity index (χ2n) is 3.75. The number of hydrogen-bond acceptors (Lipinski definition) is 4. The van der Waals surface area contributed by atoms with Crippen LogP contribution in [0.2, 0.25) is 0 Å². The largest absolute Gasteiger partial charge is 0.360 e. The molecule has 0 saturated heterocycles. The number of nitrogens with zero attached hydrogens (tertiary/aromatic N) is 2. The van der Waals surface area contributed by atoms with Gasteiger partial charge in [0.05, 0.1) is 16.8 Å². The van der Waals surface area contributed by atoms with Crippen LogP contribution in [0.25, 0.3) is 0 Å². The maximum absolute atomic E-state index is 10.5. The molecule has 7 nitrogen and oxygen atoms in total. The monoisotopic (exact) mass is 289 g/mol. The zero-order chi connectivity index (χ0) is 14.4. The molecule has 1 aromatic carbocycles. The lowest BCUT2D eigenvalue weighted by atomic mass is 10.3. The predicted octanol–water partition coefficient (Wildman–Crippen LogP) is 2.24. The van der Waals surface area contributed by atoms with Crippen LogP contribution in [0, 0.1) is 10.1 Å². The highest BCUT2D eigenvalue weighted by Crippen LogP contribution is 2.15. The summed E-state index contributed by atoms with van der Waals surface area (Å²) in [5.74, 6) is 0. The molecule has 20 heavy (non-hydrogen) atoms. The maximum atomic E-state index is 10.5. The number of hydrazone groups is 1. The molecule has 2 aromatic rings. The second-order valence-corrected chi connectivity index (χ2v) is 4.16. The second kappa shape index (κ2) is 6.43. The molecule has 0 aliphatic rings. The van der Waals surface area contributed by atoms with Crippen LogP contribution < -0.4 is 10.7 Å². The Labute approximate surface area is 119 Å². The minimum Gasteiger partial charge on any atom is -0.360 e. The van der Waals surface area contributed by atoms with E-state index in [0.717, 1.165) is 5.69 Å². The summed E-state index contributed by atoms with van der Waals surface area (Å²) in [5.41, 5.74) is 4.15. The number of anilines is 1. The molecule has 0 radical (unpaired) electrons. The van der Waals surface area contributed by atoms with Gasteiger partial charge in [-0.2, -0.15) is 5.10 Å². The third-order valence-electron chi connectivity index (χ3n) is 2.33. The van der Waals surface area contributed by atoms with Crippen LogP contribution in [0.3, 0.4) is 0 Å². The van der Waals surface area contributed by atoms with E-state index < -0.39 is 4.92 Å². The first kappa shape index (κ1) is 13.7. The molecule has 0 saturated carbocycles. The van der Waals surface area contributed by atoms with E-state index in [1.54, 1.807) is 24.5 Å². The lowest BCUT2D eigenvalue weighted by Gasteiger charge is -2.06. The molecule has 2 rings (SSSR count). The number of thiocarbonyl (C=S) groups is 1. The Hall–Kier alpha value is -2.74. The summed E-state index contributed by atoms with van der Waals surface area (Å²) < 4.78 is 0. The summed E-state index contributed by atoms with van der Waals surface area (Å²) in [6.07, 6.45) is 3.37. The van der Waals surface area contributed by atoms with E-state index in [2.05, 4.69) is 20.8 Å². The van der Waals surface area contributed by atoms with Crippen molar-refractivity contribution in [1.82, 2.24) is 10.4 Å². The number of nitro groups is 1. The van der Waals surface area contributed by atoms with Gasteiger partial charge in [-0.25, -0.2) is 0 Å². The van der Waals surface area contributed by atoms with Gasteiger partial charge in [-0.1, -0.05) is 0 Å². The van der Waals surface area contributed by atoms with E-state index >= 15 is 0 Å². The molecular formula is C12H11N5O2S. The van der Waals surface area contributed by atoms with E-state index in [9.17, 15) is 10.1 Å². The van der Waals surface area contributed by atoms with E-state index in [4.69, 9.17) is 12.2 Å². The number of aromatic amines is 1. The van der Waals surface area contributed by atoms with Crippen LogP contribution in [-0.4, -0.2) is 21.2 Å². The van der Waals surface area contributed by atoms with E-state index in [1.807, 2.05) is 12.1 Å². The number of nitrogens with one attached hydrogen (secondary N) is 3. The highest BCUT2D eigenvalue weighted by molar-refractivity contribution is 7.80. The number of non-ortho nitro benzene ring substituents is 1. The quantitative estimate of drug-likeness (QED) is 0.347. The summed E-state index contributed by atoms with van der Waals surface area (Å²) in [6.45, 7) is 0. The highest BCUT2D eigenvalue weighted by atomic mass is 32.1. The van der Waals surface area contributed by atoms with Crippen molar-refractivity contribution < 1.29 is 4.92 Å². The van der Waals surface area contributed by atoms with E-state index in [0.29, 0.717) is 10.8 Å². The SMILES string of the molecule is O=[N+]([O-])c1ccc(NC(=S)N/N=C/c2ccc[nH]2)cc1. The Morgan fingerprint density at radius 3 is 2.70 bits per heavy atom. The van der Waals surface area contributed by atoms with Crippen molar-refractivity contribution in [2.24, 2.45) is 5.10 Å². The van der Waals surface area contributed by atoms with Gasteiger partial charge in [0.1, 0.15) is 0 Å². The smallest absolute Gasteiger partial charge is 0.269 e. The molecular weight excluding hydrogens is 278 g/mol. The Kier molecular flexibility index (Phi) is 4.40. The summed E-state index contributed by atoms with van der Waals surface area (Å²) in [6, 6.07) is 9.65. The fourth-order valence-corrected chi connectivity index (χ4v) is 1.58. The minimum atomic E-state index is -0.457. The Balaban J connectivity index is 1.86. The molecule has 1 heterocycles. The first-order valence-electron chi connectivity index (χ1n) is 5.63. The summed E-state index contributed by atoms with van der Waals surface area (Å²) >= 11 is 5.04. The van der Waals surface area contributed by atoms with Crippen LogP contribution in [0.1, 0.15) is 5.69 Å². The minimum absolute atomic E-state index is 0.0270. The molecule has 8 heteroatoms. The molecule has 0 atom stereocenters. The first-order chi connectivity index (χ1) is 9.65. The number of rotatable bonds is 4. The molecule has 0 bridgehead atoms. The van der Waals surface area contributed by atoms with Crippen molar-refractivity contribution in [2.75, 3.05) is 5.32 Å². The average molecular weight is 289 g/mol. The summed E-state index contributed by atoms with van der Waals surface area (Å²) in [4.78, 5) is 13.0. The van der Waals surface area contributed by atoms with Crippen LogP contribution in [-0.2, 0) is 0 Å². The van der Waals surface area contributed by atoms with E-state index in [-0.39, 0.29) is 5.69 Å². The van der Waals surface area contributed by atoms with Crippen molar-refractivity contribution in [3.05, 3.63) is 58.4 Å². The van der Waals surface area contributed by atoms with Crippen LogP contribution in [0.4, 0.5) is 11.4 Å². The molecule has 102 valence electrons. The lowest BCUT2D eigenvalue weighted by molar-refractivity contribution is -0.384. The van der Waals surface area contributed by atoms with Gasteiger partial charge in [-0.3, -0.25) is 15.5 Å². The number of nitro benzene ring substituents is 1. The van der Waals surface area contributed by atoms with Crippen molar-refractivity contribution in [2.45, 2.75) is 0 Å². The first-order valence-corrected chi connectivity index (χ1v) is 6.04. The van der Waals surface area contributed by atoms with Gasteiger partial charge in [0.2, 0.25) is 0 Å². The standard InChI is InChI=1S/C12H11N5O2S/c18-17(19)11-5-3-9(4-6-11)15-12(20)16-14-8-10-2-1-7-13-10/h1-8,13H,(H2,15,16,20)/b14-8+. The number of aromatic nitrogens is 1. The highest BCUT2D eigenvalue weighted by Gasteiger charge is 2.04. The van der Waals surface area contributed by atoms with Gasteiger partial charge in [-0.15, -0.1) is 0 Å². The Bertz CT molecular complexity index is 622. The van der Waals surface area contributed by atoms with Crippen molar-refractivity contribution in [3.8, 4) is 0 Å². The van der Waals surface area contributed by atoms with Crippen molar-refractivity contribution >= 4 is 34.9 Å². The number of hydrogen-bond donors (Lipinski definition) is 3. The average Bonchev–Trinajstić information content (AvgIpc) is 2.92. The normalized spacial score (nSPS) is 10.4. The molecule has 0 amide bonds. The Morgan fingerprint density at radius 2 is 2.10 bits per heavy atom. The lowest BCUT2D eigenvalue weighted by Crippen LogP contribution is -2.23. The fourth-order valence-electron chi connectivity index (χ4n) is 1.41. The van der Waals surface area contributed by atoms with Crippen LogP contribution >= 0.6 is 12.2 Å². The van der Waals surface area contributed by atoms with Gasteiger partial charge < -0.3 is 10.3 Å². The van der Waals surface area contributed by atoms with Gasteiger partial charge in [0.15, 0.2) is 5.11 Å². The molecule has 0 aliphatic heterocycles. The van der Waals surface area contributed by atoms with Crippen LogP contribution in [0.15, 0.2) is 47.7 Å². The molecule has 0 fully saturated rings. The van der Waals surface area contributed by atoms with Gasteiger partial charge >= 0.3 is 0 Å². The predicted molar refractivity (Wildman–Crippen MR) is 80.8 cm³/mol. The van der Waals surface area contributed by atoms with Gasteiger partial charge in [-0.05, 0) is 36.5 Å². The zero-order valence-electron chi connectivity index (χ0n) is 10.2. The maximum Gasteiger partial charge on any atom is 0.269 e. The molecule has 3 N–H and O–H groups in total. The third kappa shape index (κ3) is 3.89. The van der Waals surface area contributed by atoms with Gasteiger partial charge in [0, 0.05) is 24.0 Å². The summed E-state index contributed by atoms with van der Waals surface area (Å²) in [7, 11) is 0. The fraction of sp³-hybridized carbons (Fsp3) is 0. The number of H-pyrrole nitrogens is 1. The van der Waals surface area contributed by atoms with Gasteiger partial charge in [0.25, 0.3) is 5.69 Å². The van der Waals surface area contributed by atoms with Crippen molar-refractivity contribution in [3.63, 3.8) is 0 Å². The zero-order valence-corrected chi connectivity index (χ0v) is 11.1. The summed E-state index contributed by atoms with van der Waals surface area (Å²) in [5, 5.41) is 17.6.